The van der Waals surface area contributed by atoms with Crippen molar-refractivity contribution in [1.29, 1.82) is 0 Å². The van der Waals surface area contributed by atoms with Gasteiger partial charge in [-0.1, -0.05) is 37.0 Å². The lowest BCUT2D eigenvalue weighted by Gasteiger charge is -2.19. The Hall–Kier alpha value is -3.97. The Kier molecular flexibility index (Phi) is 11.1. The molecule has 0 spiro atoms. The first-order valence-corrected chi connectivity index (χ1v) is 17.3. The molecule has 2 aliphatic rings. The van der Waals surface area contributed by atoms with Crippen LogP contribution in [0, 0.1) is 0 Å². The number of thioether (sulfide) groups is 1. The molecule has 1 amide bonds. The first-order chi connectivity index (χ1) is 21.7. The molecule has 0 atom stereocenters. The number of methoxy groups -OCH3 is 1. The van der Waals surface area contributed by atoms with E-state index in [9.17, 15) is 32.7 Å². The summed E-state index contributed by atoms with van der Waals surface area (Å²) in [5.41, 5.74) is 0.758. The zero-order valence-electron chi connectivity index (χ0n) is 24.5. The van der Waals surface area contributed by atoms with Gasteiger partial charge in [0, 0.05) is 18.7 Å². The van der Waals surface area contributed by atoms with Gasteiger partial charge < -0.3 is 24.6 Å². The zero-order valence-corrected chi connectivity index (χ0v) is 27.8. The minimum absolute atomic E-state index is 0.0202. The van der Waals surface area contributed by atoms with Crippen LogP contribution in [0.3, 0.4) is 0 Å². The number of hydrogen-bond donors (Lipinski definition) is 3. The molecule has 0 bridgehead atoms. The lowest BCUT2D eigenvalue weighted by molar-refractivity contribution is -0.140. The maximum atomic E-state index is 13.3. The number of carbonyl (C=O) groups excluding carboxylic acids is 1. The second kappa shape index (κ2) is 14.6. The van der Waals surface area contributed by atoms with Crippen molar-refractivity contribution < 1.29 is 47.0 Å². The van der Waals surface area contributed by atoms with E-state index in [0.29, 0.717) is 48.0 Å². The van der Waals surface area contributed by atoms with E-state index in [0.717, 1.165) is 32.6 Å². The number of nitrogens with zero attached hydrogens (tertiary/aromatic N) is 3. The summed E-state index contributed by atoms with van der Waals surface area (Å²) in [4.78, 5) is 51.8. The number of carbonyl (C=O) groups is 3. The first-order valence-electron chi connectivity index (χ1n) is 13.6. The number of rotatable bonds is 13. The Bertz CT molecular complexity index is 1940. The number of benzene rings is 1. The van der Waals surface area contributed by atoms with Crippen LogP contribution in [0.4, 0.5) is 5.69 Å². The molecule has 46 heavy (non-hydrogen) atoms. The van der Waals surface area contributed by atoms with Gasteiger partial charge in [0.1, 0.15) is 32.7 Å². The smallest absolute Gasteiger partial charge is 0.323 e. The fraction of sp³-hybridized carbons (Fsp3) is 0.321. The van der Waals surface area contributed by atoms with Gasteiger partial charge in [0.2, 0.25) is 5.88 Å². The third-order valence-corrected chi connectivity index (χ3v) is 10.2. The number of aliphatic carboxylic acids is 2. The van der Waals surface area contributed by atoms with E-state index in [2.05, 4.69) is 0 Å². The largest absolute Gasteiger partial charge is 0.497 e. The minimum atomic E-state index is -4.10. The van der Waals surface area contributed by atoms with Crippen LogP contribution in [0.1, 0.15) is 26.2 Å². The lowest BCUT2D eigenvalue weighted by atomic mass is 10.1. The molecule has 246 valence electrons. The number of amides is 1. The van der Waals surface area contributed by atoms with Gasteiger partial charge in [0.25, 0.3) is 21.6 Å². The molecule has 0 radical (unpaired) electrons. The molecule has 1 fully saturated rings. The maximum Gasteiger partial charge on any atom is 0.323 e. The van der Waals surface area contributed by atoms with Crippen molar-refractivity contribution in [1.82, 2.24) is 9.47 Å². The Labute approximate surface area is 276 Å². The van der Waals surface area contributed by atoms with E-state index < -0.39 is 46.6 Å². The van der Waals surface area contributed by atoms with Crippen LogP contribution in [0.25, 0.3) is 11.0 Å². The van der Waals surface area contributed by atoms with Crippen molar-refractivity contribution in [3.63, 3.8) is 0 Å². The highest BCUT2D eigenvalue weighted by Gasteiger charge is 2.35. The first kappa shape index (κ1) is 34.9. The third-order valence-electron chi connectivity index (χ3n) is 6.68. The van der Waals surface area contributed by atoms with E-state index in [-0.39, 0.29) is 30.6 Å². The van der Waals surface area contributed by atoms with Gasteiger partial charge in [-0.05, 0) is 43.0 Å². The molecule has 3 N–H and O–H groups in total. The predicted octanol–water partition coefficient (Wildman–Crippen LogP) is 1.58. The van der Waals surface area contributed by atoms with Gasteiger partial charge in [-0.15, -0.1) is 11.3 Å². The fourth-order valence-electron chi connectivity index (χ4n) is 4.49. The molecule has 0 unspecified atom stereocenters. The van der Waals surface area contributed by atoms with Gasteiger partial charge in [-0.25, -0.2) is 0 Å². The Morgan fingerprint density at radius 2 is 1.83 bits per heavy atom. The monoisotopic (exact) mass is 711 g/mol. The maximum absolute atomic E-state index is 13.3. The van der Waals surface area contributed by atoms with Crippen LogP contribution >= 0.6 is 35.3 Å². The Morgan fingerprint density at radius 3 is 2.46 bits per heavy atom. The number of fused-ring (bicyclic) bond motifs is 1. The van der Waals surface area contributed by atoms with Gasteiger partial charge >= 0.3 is 11.9 Å². The van der Waals surface area contributed by atoms with Crippen LogP contribution in [0.5, 0.6) is 11.5 Å². The van der Waals surface area contributed by atoms with E-state index in [1.54, 1.807) is 30.4 Å². The van der Waals surface area contributed by atoms with Crippen LogP contribution in [-0.2, 0) is 31.0 Å². The molecule has 1 saturated heterocycles. The molecule has 0 aliphatic carbocycles. The SMILES string of the molecule is CCC(=CC=c1s/c(=C2/SC(=S)N(CC(=O)O)C2=O)n(CC(=O)O)c1=O)C=C1Oc2ccc(OC)cc2N1CCCCS(=O)(=O)O. The third kappa shape index (κ3) is 8.24. The van der Waals surface area contributed by atoms with Gasteiger partial charge in [-0.3, -0.25) is 33.2 Å². The van der Waals surface area contributed by atoms with E-state index in [4.69, 9.17) is 31.4 Å². The topological polar surface area (TPSA) is 193 Å². The summed E-state index contributed by atoms with van der Waals surface area (Å²) < 4.78 is 44.0. The van der Waals surface area contributed by atoms with Crippen molar-refractivity contribution in [2.24, 2.45) is 0 Å². The molecule has 2 aromatic rings. The molecule has 14 nitrogen and oxygen atoms in total. The van der Waals surface area contributed by atoms with Crippen molar-refractivity contribution >= 4 is 84.3 Å². The molecule has 0 saturated carbocycles. The standard InChI is InChI=1S/C28H29N3O11S4/c1-3-16(12-21-29(10-4-5-11-46(38,39)40)18-13-17(41-2)7-8-19(18)42-21)6-9-20-25(36)30(14-22(32)33)27(44-20)24-26(37)31(15-23(34)35)28(43)45-24/h6-9,12-13H,3-5,10-11,14-15H2,1-2H3,(H,32,33)(H,34,35)(H,38,39,40)/b16-6?,20-9?,21-12?,27-24+. The summed E-state index contributed by atoms with van der Waals surface area (Å²) in [6.45, 7) is 0.845. The summed E-state index contributed by atoms with van der Waals surface area (Å²) >= 11 is 6.84. The average Bonchev–Trinajstić information content (AvgIpc) is 3.58. The number of hydrogen-bond acceptors (Lipinski definition) is 12. The average molecular weight is 712 g/mol. The van der Waals surface area contributed by atoms with Gasteiger partial charge in [-0.2, -0.15) is 8.42 Å². The Balaban J connectivity index is 1.74. The summed E-state index contributed by atoms with van der Waals surface area (Å²) in [5.74, 6) is -2.14. The highest BCUT2D eigenvalue weighted by Crippen LogP contribution is 2.42. The summed E-state index contributed by atoms with van der Waals surface area (Å²) in [7, 11) is -2.58. The number of anilines is 1. The van der Waals surface area contributed by atoms with Crippen LogP contribution < -0.4 is 29.1 Å². The Morgan fingerprint density at radius 1 is 1.11 bits per heavy atom. The molecule has 1 aromatic carbocycles. The molecular formula is C28H29N3O11S4. The van der Waals surface area contributed by atoms with E-state index >= 15 is 0 Å². The van der Waals surface area contributed by atoms with Crippen molar-refractivity contribution in [2.45, 2.75) is 32.7 Å². The highest BCUT2D eigenvalue weighted by molar-refractivity contribution is 8.30. The minimum Gasteiger partial charge on any atom is -0.497 e. The molecule has 2 aliphatic heterocycles. The van der Waals surface area contributed by atoms with E-state index in [1.807, 2.05) is 11.8 Å². The van der Waals surface area contributed by atoms with E-state index in [1.165, 1.54) is 13.2 Å². The number of carboxylic acids is 2. The molecule has 1 aromatic heterocycles. The van der Waals surface area contributed by atoms with Crippen molar-refractivity contribution in [3.05, 3.63) is 61.4 Å². The number of thiocarbonyl (C=S) groups is 1. The van der Waals surface area contributed by atoms with Crippen molar-refractivity contribution in [2.75, 3.05) is 30.9 Å². The molecule has 3 heterocycles. The second-order valence-corrected chi connectivity index (χ2v) is 14.1. The summed E-state index contributed by atoms with van der Waals surface area (Å²) in [6.07, 6.45) is 6.04. The molecule has 4 rings (SSSR count). The highest BCUT2D eigenvalue weighted by atomic mass is 32.2. The number of aromatic nitrogens is 1. The number of thiazole rings is 1. The number of unbranched alkanes of at least 4 members (excludes halogenated alkanes) is 1. The van der Waals surface area contributed by atoms with Crippen LogP contribution in [-0.4, -0.2) is 80.8 Å². The van der Waals surface area contributed by atoms with Crippen LogP contribution in [0.15, 0.2) is 46.6 Å². The number of carboxylic acid groups (broad SMARTS) is 2. The van der Waals surface area contributed by atoms with Gasteiger partial charge in [0.15, 0.2) is 5.75 Å². The quantitative estimate of drug-likeness (QED) is 0.154. The van der Waals surface area contributed by atoms with Crippen molar-refractivity contribution in [3.8, 4) is 11.5 Å². The lowest BCUT2D eigenvalue weighted by Crippen LogP contribution is -2.36. The number of allylic oxidation sites excluding steroid dienone is 3. The van der Waals surface area contributed by atoms with Crippen LogP contribution in [0.2, 0.25) is 0 Å². The molecular weight excluding hydrogens is 683 g/mol. The van der Waals surface area contributed by atoms with Gasteiger partial charge in [0.05, 0.1) is 23.1 Å². The predicted molar refractivity (Wildman–Crippen MR) is 176 cm³/mol. The normalized spacial score (nSPS) is 17.6. The summed E-state index contributed by atoms with van der Waals surface area (Å²) in [5, 5.41) is 18.6. The number of ether oxygens (including phenoxy) is 2. The summed E-state index contributed by atoms with van der Waals surface area (Å²) in [6, 6.07) is 5.25. The molecule has 18 heteroatoms. The second-order valence-electron chi connectivity index (χ2n) is 9.86. The zero-order chi connectivity index (χ0) is 33.8. The fourth-order valence-corrected chi connectivity index (χ4v) is 7.51.